The monoisotopic (exact) mass is 430 g/mol. The molecule has 6 atom stereocenters. The lowest BCUT2D eigenvalue weighted by molar-refractivity contribution is -0.387. The third-order valence-corrected chi connectivity index (χ3v) is 6.46. The first-order valence-corrected chi connectivity index (χ1v) is 8.50. The fourth-order valence-electron chi connectivity index (χ4n) is 5.04. The lowest BCUT2D eigenvalue weighted by Crippen LogP contribution is -2.61. The second-order valence-corrected chi connectivity index (χ2v) is 7.72. The normalized spacial score (nSPS) is 34.1. The summed E-state index contributed by atoms with van der Waals surface area (Å²) < 4.78 is 125. The molecule has 0 amide bonds. The number of fused-ring (bicyclic) bond motifs is 2. The van der Waals surface area contributed by atoms with Gasteiger partial charge in [-0.3, -0.25) is 0 Å². The Morgan fingerprint density at radius 3 is 1.79 bits per heavy atom. The molecule has 2 aliphatic carbocycles. The van der Waals surface area contributed by atoms with E-state index in [2.05, 4.69) is 4.74 Å². The Labute approximate surface area is 154 Å². The van der Waals surface area contributed by atoms with Crippen LogP contribution in [0.3, 0.4) is 0 Å². The summed E-state index contributed by atoms with van der Waals surface area (Å²) in [4.78, 5) is 10.5. The van der Waals surface area contributed by atoms with Gasteiger partial charge in [0, 0.05) is 0 Å². The standard InChI is InChI=1S/C16H19F9O3/c1-6-7(2)9-3-8(6)10(12(9)14(17,18)19)4-13(15(20,21)22,16(23,24)25)28-5-11(26)27/h6-10,12H,3-5H2,1-2H3,(H,26,27). The van der Waals surface area contributed by atoms with Gasteiger partial charge in [0.15, 0.2) is 0 Å². The maximum atomic E-state index is 13.6. The molecule has 0 aromatic heterocycles. The van der Waals surface area contributed by atoms with E-state index in [1.165, 1.54) is 13.8 Å². The SMILES string of the molecule is CC1C(C)C2CC1C(CC(OCC(=O)O)(C(F)(F)F)C(F)(F)F)C2C(F)(F)F. The molecule has 2 aliphatic rings. The molecule has 0 spiro atoms. The highest BCUT2D eigenvalue weighted by Crippen LogP contribution is 2.65. The highest BCUT2D eigenvalue weighted by atomic mass is 19.4. The van der Waals surface area contributed by atoms with Crippen molar-refractivity contribution in [1.29, 1.82) is 0 Å². The Bertz CT molecular complexity index is 582. The summed E-state index contributed by atoms with van der Waals surface area (Å²) in [5, 5.41) is 8.49. The molecule has 0 saturated heterocycles. The molecule has 0 aromatic carbocycles. The molecule has 1 N–H and O–H groups in total. The average molecular weight is 430 g/mol. The van der Waals surface area contributed by atoms with E-state index in [1.807, 2.05) is 0 Å². The number of rotatable bonds is 5. The van der Waals surface area contributed by atoms with Gasteiger partial charge in [0.05, 0.1) is 5.92 Å². The van der Waals surface area contributed by atoms with E-state index in [-0.39, 0.29) is 6.42 Å². The van der Waals surface area contributed by atoms with Crippen molar-refractivity contribution in [2.24, 2.45) is 35.5 Å². The summed E-state index contributed by atoms with van der Waals surface area (Å²) in [5.74, 6) is -9.48. The molecular weight excluding hydrogens is 411 g/mol. The predicted octanol–water partition coefficient (Wildman–Crippen LogP) is 5.06. The van der Waals surface area contributed by atoms with E-state index in [0.29, 0.717) is 0 Å². The van der Waals surface area contributed by atoms with Crippen LogP contribution in [0.4, 0.5) is 39.5 Å². The van der Waals surface area contributed by atoms with Gasteiger partial charge >= 0.3 is 24.5 Å². The van der Waals surface area contributed by atoms with Crippen LogP contribution in [0.2, 0.25) is 0 Å². The second-order valence-electron chi connectivity index (χ2n) is 7.72. The maximum absolute atomic E-state index is 13.6. The van der Waals surface area contributed by atoms with Gasteiger partial charge in [0.2, 0.25) is 0 Å². The van der Waals surface area contributed by atoms with Crippen LogP contribution in [-0.4, -0.2) is 41.8 Å². The van der Waals surface area contributed by atoms with Gasteiger partial charge in [-0.1, -0.05) is 13.8 Å². The molecule has 2 bridgehead atoms. The third-order valence-electron chi connectivity index (χ3n) is 6.46. The van der Waals surface area contributed by atoms with Gasteiger partial charge in [-0.15, -0.1) is 0 Å². The Balaban J connectivity index is 2.51. The molecule has 0 heterocycles. The summed E-state index contributed by atoms with van der Waals surface area (Å²) in [6.45, 7) is 1.07. The number of carboxylic acids is 1. The number of hydrogen-bond donors (Lipinski definition) is 1. The highest BCUT2D eigenvalue weighted by Gasteiger charge is 2.75. The van der Waals surface area contributed by atoms with Crippen LogP contribution in [0.15, 0.2) is 0 Å². The van der Waals surface area contributed by atoms with Crippen LogP contribution in [0.1, 0.15) is 26.7 Å². The minimum Gasteiger partial charge on any atom is -0.480 e. The van der Waals surface area contributed by atoms with Gasteiger partial charge in [-0.2, -0.15) is 39.5 Å². The van der Waals surface area contributed by atoms with E-state index < -0.39 is 78.6 Å². The van der Waals surface area contributed by atoms with Crippen LogP contribution in [0.25, 0.3) is 0 Å². The average Bonchev–Trinajstić information content (AvgIpc) is 2.97. The summed E-state index contributed by atoms with van der Waals surface area (Å²) in [7, 11) is 0. The molecule has 2 fully saturated rings. The van der Waals surface area contributed by atoms with Crippen molar-refractivity contribution >= 4 is 5.97 Å². The summed E-state index contributed by atoms with van der Waals surface area (Å²) in [5.41, 5.74) is -4.99. The molecule has 0 aliphatic heterocycles. The van der Waals surface area contributed by atoms with Crippen molar-refractivity contribution in [2.45, 2.75) is 50.8 Å². The largest absolute Gasteiger partial charge is 0.480 e. The van der Waals surface area contributed by atoms with Crippen molar-refractivity contribution in [3.05, 3.63) is 0 Å². The first-order chi connectivity index (χ1) is 12.4. The first-order valence-electron chi connectivity index (χ1n) is 8.50. The van der Waals surface area contributed by atoms with E-state index in [9.17, 15) is 44.3 Å². The molecule has 2 saturated carbocycles. The molecule has 0 aromatic rings. The summed E-state index contributed by atoms with van der Waals surface area (Å²) in [6, 6.07) is 0. The van der Waals surface area contributed by atoms with E-state index in [0.717, 1.165) is 0 Å². The number of carboxylic acid groups (broad SMARTS) is 1. The van der Waals surface area contributed by atoms with Crippen LogP contribution in [0.5, 0.6) is 0 Å². The van der Waals surface area contributed by atoms with Crippen molar-refractivity contribution in [3.8, 4) is 0 Å². The van der Waals surface area contributed by atoms with Crippen molar-refractivity contribution in [3.63, 3.8) is 0 Å². The topological polar surface area (TPSA) is 46.5 Å². The number of aliphatic carboxylic acids is 1. The Morgan fingerprint density at radius 2 is 1.39 bits per heavy atom. The van der Waals surface area contributed by atoms with E-state index >= 15 is 0 Å². The molecule has 0 radical (unpaired) electrons. The van der Waals surface area contributed by atoms with Crippen molar-refractivity contribution in [1.82, 2.24) is 0 Å². The molecule has 164 valence electrons. The predicted molar refractivity (Wildman–Crippen MR) is 76.0 cm³/mol. The zero-order valence-electron chi connectivity index (χ0n) is 14.8. The minimum atomic E-state index is -6.15. The van der Waals surface area contributed by atoms with Crippen molar-refractivity contribution < 1.29 is 54.2 Å². The number of ether oxygens (including phenoxy) is 1. The summed E-state index contributed by atoms with van der Waals surface area (Å²) in [6.07, 6.45) is -19.4. The third kappa shape index (κ3) is 3.68. The van der Waals surface area contributed by atoms with Gasteiger partial charge < -0.3 is 9.84 Å². The Hall–Kier alpha value is -1.20. The van der Waals surface area contributed by atoms with Crippen LogP contribution >= 0.6 is 0 Å². The van der Waals surface area contributed by atoms with Crippen molar-refractivity contribution in [2.75, 3.05) is 6.61 Å². The summed E-state index contributed by atoms with van der Waals surface area (Å²) >= 11 is 0. The quantitative estimate of drug-likeness (QED) is 0.621. The number of hydrogen-bond acceptors (Lipinski definition) is 2. The smallest absolute Gasteiger partial charge is 0.426 e. The molecule has 6 unspecified atom stereocenters. The Kier molecular flexibility index (Phi) is 5.73. The fraction of sp³-hybridized carbons (Fsp3) is 0.938. The second kappa shape index (κ2) is 6.94. The zero-order chi connectivity index (χ0) is 21.9. The fourth-order valence-corrected chi connectivity index (χ4v) is 5.04. The maximum Gasteiger partial charge on any atom is 0.426 e. The first kappa shape index (κ1) is 23.1. The number of alkyl halides is 9. The lowest BCUT2D eigenvalue weighted by atomic mass is 9.66. The van der Waals surface area contributed by atoms with Gasteiger partial charge in [-0.25, -0.2) is 4.79 Å². The van der Waals surface area contributed by atoms with Gasteiger partial charge in [-0.05, 0) is 42.4 Å². The van der Waals surface area contributed by atoms with Crippen LogP contribution < -0.4 is 0 Å². The Morgan fingerprint density at radius 1 is 0.929 bits per heavy atom. The van der Waals surface area contributed by atoms with Crippen LogP contribution in [-0.2, 0) is 9.53 Å². The molecule has 2 rings (SSSR count). The molecular formula is C16H19F9O3. The van der Waals surface area contributed by atoms with Crippen LogP contribution in [0, 0.1) is 35.5 Å². The minimum absolute atomic E-state index is 0.123. The highest BCUT2D eigenvalue weighted by molar-refractivity contribution is 5.68. The van der Waals surface area contributed by atoms with Gasteiger partial charge in [0.25, 0.3) is 5.60 Å². The lowest BCUT2D eigenvalue weighted by Gasteiger charge is -2.44. The molecule has 3 nitrogen and oxygen atoms in total. The number of halogens is 9. The molecule has 12 heteroatoms. The van der Waals surface area contributed by atoms with E-state index in [1.54, 1.807) is 0 Å². The molecule has 28 heavy (non-hydrogen) atoms. The van der Waals surface area contributed by atoms with Gasteiger partial charge in [0.1, 0.15) is 6.61 Å². The number of carbonyl (C=O) groups is 1. The zero-order valence-corrected chi connectivity index (χ0v) is 14.8. The van der Waals surface area contributed by atoms with E-state index in [4.69, 9.17) is 5.11 Å².